The van der Waals surface area contributed by atoms with Crippen molar-refractivity contribution in [1.82, 2.24) is 5.32 Å². The molecular formula is C29H33NO5. The average molecular weight is 476 g/mol. The molecule has 0 spiro atoms. The third-order valence-corrected chi connectivity index (χ3v) is 6.30. The van der Waals surface area contributed by atoms with Crippen molar-refractivity contribution < 1.29 is 24.1 Å². The molecule has 3 aromatic carbocycles. The molecule has 1 aliphatic carbocycles. The van der Waals surface area contributed by atoms with Gasteiger partial charge < -0.3 is 24.6 Å². The Bertz CT molecular complexity index is 1020. The van der Waals surface area contributed by atoms with Gasteiger partial charge in [0.25, 0.3) is 0 Å². The van der Waals surface area contributed by atoms with Crippen LogP contribution in [0.1, 0.15) is 29.5 Å². The molecule has 2 unspecified atom stereocenters. The molecule has 6 nitrogen and oxygen atoms in total. The number of rotatable bonds is 11. The molecule has 1 aliphatic rings. The molecule has 0 saturated heterocycles. The molecule has 0 aliphatic heterocycles. The highest BCUT2D eigenvalue weighted by molar-refractivity contribution is 5.64. The van der Waals surface area contributed by atoms with Gasteiger partial charge >= 0.3 is 6.09 Å². The monoisotopic (exact) mass is 475 g/mol. The molecule has 184 valence electrons. The van der Waals surface area contributed by atoms with E-state index < -0.39 is 6.09 Å². The molecule has 35 heavy (non-hydrogen) atoms. The molecule has 2 N–H and O–H groups in total. The number of hydrogen-bond donors (Lipinski definition) is 2. The first-order chi connectivity index (χ1) is 17.2. The van der Waals surface area contributed by atoms with E-state index in [-0.39, 0.29) is 24.2 Å². The fourth-order valence-electron chi connectivity index (χ4n) is 4.62. The van der Waals surface area contributed by atoms with Gasteiger partial charge in [0, 0.05) is 12.0 Å². The van der Waals surface area contributed by atoms with Crippen LogP contribution in [0.4, 0.5) is 4.79 Å². The summed E-state index contributed by atoms with van der Waals surface area (Å²) in [6, 6.07) is 29.9. The number of hydrogen-bond acceptors (Lipinski definition) is 4. The Morgan fingerprint density at radius 3 is 1.80 bits per heavy atom. The van der Waals surface area contributed by atoms with Gasteiger partial charge in [-0.2, -0.15) is 0 Å². The molecule has 0 radical (unpaired) electrons. The van der Waals surface area contributed by atoms with Crippen molar-refractivity contribution in [2.75, 3.05) is 6.61 Å². The van der Waals surface area contributed by atoms with Gasteiger partial charge in [-0.25, -0.2) is 4.79 Å². The summed E-state index contributed by atoms with van der Waals surface area (Å²) in [6.45, 7) is 1.85. The smallest absolute Gasteiger partial charge is 0.404 e. The summed E-state index contributed by atoms with van der Waals surface area (Å²) in [5, 5.41) is 12.0. The number of carbonyl (C=O) groups is 1. The fraction of sp³-hybridized carbons (Fsp3) is 0.345. The third kappa shape index (κ3) is 7.92. The molecule has 1 amide bonds. The Morgan fingerprint density at radius 1 is 0.743 bits per heavy atom. The van der Waals surface area contributed by atoms with Crippen LogP contribution in [0, 0.1) is 5.92 Å². The van der Waals surface area contributed by atoms with E-state index in [0.29, 0.717) is 39.3 Å². The zero-order chi connectivity index (χ0) is 24.3. The van der Waals surface area contributed by atoms with Crippen LogP contribution in [-0.2, 0) is 34.0 Å². The lowest BCUT2D eigenvalue weighted by Gasteiger charge is -2.41. The predicted octanol–water partition coefficient (Wildman–Crippen LogP) is 5.42. The first kappa shape index (κ1) is 24.9. The van der Waals surface area contributed by atoms with Crippen LogP contribution in [-0.4, -0.2) is 36.1 Å². The van der Waals surface area contributed by atoms with E-state index in [4.69, 9.17) is 14.2 Å². The van der Waals surface area contributed by atoms with Gasteiger partial charge in [-0.05, 0) is 29.5 Å². The second kappa shape index (κ2) is 13.0. The van der Waals surface area contributed by atoms with E-state index in [0.717, 1.165) is 16.7 Å². The highest BCUT2D eigenvalue weighted by Gasteiger charge is 2.40. The predicted molar refractivity (Wildman–Crippen MR) is 134 cm³/mol. The lowest BCUT2D eigenvalue weighted by Crippen LogP contribution is -2.52. The number of ether oxygens (including phenoxy) is 3. The third-order valence-electron chi connectivity index (χ3n) is 6.30. The summed E-state index contributed by atoms with van der Waals surface area (Å²) >= 11 is 0. The number of carboxylic acid groups (broad SMARTS) is 1. The molecule has 1 fully saturated rings. The van der Waals surface area contributed by atoms with Crippen LogP contribution in [0.3, 0.4) is 0 Å². The summed E-state index contributed by atoms with van der Waals surface area (Å²) in [4.78, 5) is 11.4. The molecule has 0 aromatic heterocycles. The van der Waals surface area contributed by atoms with E-state index in [2.05, 4.69) is 5.32 Å². The Labute approximate surface area is 206 Å². The van der Waals surface area contributed by atoms with Crippen LogP contribution < -0.4 is 5.32 Å². The SMILES string of the molecule is O=C(O)N[C@H]1CC(COCc2ccccc2)[C@@H](OCc2ccccc2)C(OCc2ccccc2)C1. The minimum Gasteiger partial charge on any atom is -0.465 e. The van der Waals surface area contributed by atoms with Crippen molar-refractivity contribution in [3.05, 3.63) is 108 Å². The van der Waals surface area contributed by atoms with Gasteiger partial charge in [0.2, 0.25) is 0 Å². The van der Waals surface area contributed by atoms with Gasteiger partial charge in [-0.15, -0.1) is 0 Å². The second-order valence-electron chi connectivity index (χ2n) is 8.97. The highest BCUT2D eigenvalue weighted by atomic mass is 16.5. The van der Waals surface area contributed by atoms with Crippen molar-refractivity contribution in [3.63, 3.8) is 0 Å². The van der Waals surface area contributed by atoms with Crippen molar-refractivity contribution in [1.29, 1.82) is 0 Å². The zero-order valence-corrected chi connectivity index (χ0v) is 19.8. The molecule has 6 heteroatoms. The van der Waals surface area contributed by atoms with Gasteiger partial charge in [0.15, 0.2) is 0 Å². The summed E-state index contributed by atoms with van der Waals surface area (Å²) in [6.07, 6.45) is -0.333. The molecule has 1 saturated carbocycles. The number of nitrogens with one attached hydrogen (secondary N) is 1. The Hall–Kier alpha value is -3.19. The van der Waals surface area contributed by atoms with Gasteiger partial charge in [-0.3, -0.25) is 0 Å². The van der Waals surface area contributed by atoms with Crippen LogP contribution >= 0.6 is 0 Å². The van der Waals surface area contributed by atoms with Crippen molar-refractivity contribution in [2.24, 2.45) is 5.92 Å². The highest BCUT2D eigenvalue weighted by Crippen LogP contribution is 2.32. The van der Waals surface area contributed by atoms with Crippen molar-refractivity contribution >= 4 is 6.09 Å². The number of benzene rings is 3. The quantitative estimate of drug-likeness (QED) is 0.387. The maximum Gasteiger partial charge on any atom is 0.404 e. The van der Waals surface area contributed by atoms with E-state index in [1.165, 1.54) is 0 Å². The Morgan fingerprint density at radius 2 is 1.26 bits per heavy atom. The van der Waals surface area contributed by atoms with E-state index in [1.807, 2.05) is 91.0 Å². The summed E-state index contributed by atoms with van der Waals surface area (Å²) in [5.41, 5.74) is 3.26. The normalized spacial score (nSPS) is 21.9. The lowest BCUT2D eigenvalue weighted by molar-refractivity contribution is -0.145. The van der Waals surface area contributed by atoms with Gasteiger partial charge in [0.05, 0.1) is 38.6 Å². The zero-order valence-electron chi connectivity index (χ0n) is 19.8. The maximum atomic E-state index is 11.4. The average Bonchev–Trinajstić information content (AvgIpc) is 2.88. The van der Waals surface area contributed by atoms with E-state index in [1.54, 1.807) is 0 Å². The first-order valence-electron chi connectivity index (χ1n) is 12.1. The molecule has 0 heterocycles. The first-order valence-corrected chi connectivity index (χ1v) is 12.1. The molecular weight excluding hydrogens is 442 g/mol. The second-order valence-corrected chi connectivity index (χ2v) is 8.97. The van der Waals surface area contributed by atoms with Crippen LogP contribution in [0.15, 0.2) is 91.0 Å². The summed E-state index contributed by atoms with van der Waals surface area (Å²) < 4.78 is 18.9. The largest absolute Gasteiger partial charge is 0.465 e. The maximum absolute atomic E-state index is 11.4. The number of amides is 1. The van der Waals surface area contributed by atoms with Crippen LogP contribution in [0.2, 0.25) is 0 Å². The minimum atomic E-state index is -1.02. The fourth-order valence-corrected chi connectivity index (χ4v) is 4.62. The topological polar surface area (TPSA) is 77.0 Å². The summed E-state index contributed by atoms with van der Waals surface area (Å²) in [7, 11) is 0. The van der Waals surface area contributed by atoms with Crippen LogP contribution in [0.25, 0.3) is 0 Å². The van der Waals surface area contributed by atoms with Crippen molar-refractivity contribution in [3.8, 4) is 0 Å². The van der Waals surface area contributed by atoms with Crippen molar-refractivity contribution in [2.45, 2.75) is 50.9 Å². The van der Waals surface area contributed by atoms with E-state index in [9.17, 15) is 9.90 Å². The van der Waals surface area contributed by atoms with Gasteiger partial charge in [0.1, 0.15) is 0 Å². The Kier molecular flexibility index (Phi) is 9.29. The summed E-state index contributed by atoms with van der Waals surface area (Å²) in [5.74, 6) is -0.0196. The molecule has 4 rings (SSSR count). The molecule has 0 bridgehead atoms. The van der Waals surface area contributed by atoms with E-state index >= 15 is 0 Å². The molecule has 4 atom stereocenters. The lowest BCUT2D eigenvalue weighted by atomic mass is 9.81. The molecule has 3 aromatic rings. The minimum absolute atomic E-state index is 0.0196. The Balaban J connectivity index is 1.48. The standard InChI is InChI=1S/C29H33NO5/c31-29(32)30-26-16-25(21-33-18-22-10-4-1-5-11-22)28(35-20-24-14-8-3-9-15-24)27(17-26)34-19-23-12-6-2-7-13-23/h1-15,25-28,30H,16-21H2,(H,31,32)/t25?,26-,27?,28+/m0/s1. The van der Waals surface area contributed by atoms with Gasteiger partial charge in [-0.1, -0.05) is 91.0 Å². The van der Waals surface area contributed by atoms with Crippen LogP contribution in [0.5, 0.6) is 0 Å².